The van der Waals surface area contributed by atoms with Crippen molar-refractivity contribution in [3.05, 3.63) is 53.6 Å². The number of halogens is 1. The Balaban J connectivity index is 2.93. The number of hydrogen-bond donors (Lipinski definition) is 0. The van der Waals surface area contributed by atoms with Gasteiger partial charge in [-0.1, -0.05) is 39.5 Å². The Kier molecular flexibility index (Phi) is 3.53. The number of benzene rings is 1. The second-order valence-electron chi connectivity index (χ2n) is 4.79. The Hall–Kier alpha value is -1.57. The minimum Gasteiger partial charge on any atom is -0.290 e. The SMILES string of the molecule is C=C(C([O])=Cc1ccc(F)cc1)C(C)(C)C. The second kappa shape index (κ2) is 4.52. The van der Waals surface area contributed by atoms with Crippen LogP contribution in [0.2, 0.25) is 0 Å². The maximum Gasteiger partial charge on any atom is 0.182 e. The van der Waals surface area contributed by atoms with E-state index in [4.69, 9.17) is 0 Å². The molecule has 1 rings (SSSR count). The smallest absolute Gasteiger partial charge is 0.182 e. The molecular weight excluding hydrogens is 203 g/mol. The summed E-state index contributed by atoms with van der Waals surface area (Å²) in [5.41, 5.74) is 1.00. The van der Waals surface area contributed by atoms with Crippen molar-refractivity contribution in [2.45, 2.75) is 20.8 Å². The Bertz CT molecular complexity index is 407. The molecule has 0 spiro atoms. The van der Waals surface area contributed by atoms with Gasteiger partial charge in [0.25, 0.3) is 0 Å². The molecule has 0 unspecified atom stereocenters. The lowest BCUT2D eigenvalue weighted by Crippen LogP contribution is -2.09. The highest BCUT2D eigenvalue weighted by atomic mass is 19.1. The van der Waals surface area contributed by atoms with Gasteiger partial charge in [-0.05, 0) is 34.8 Å². The van der Waals surface area contributed by atoms with E-state index in [0.717, 1.165) is 0 Å². The summed E-state index contributed by atoms with van der Waals surface area (Å²) in [6.45, 7) is 9.59. The summed E-state index contributed by atoms with van der Waals surface area (Å²) in [5.74, 6) is -0.418. The van der Waals surface area contributed by atoms with Crippen LogP contribution in [0.3, 0.4) is 0 Å². The fourth-order valence-corrected chi connectivity index (χ4v) is 1.17. The van der Waals surface area contributed by atoms with Gasteiger partial charge in [0, 0.05) is 0 Å². The van der Waals surface area contributed by atoms with Gasteiger partial charge in [0.05, 0.1) is 0 Å². The molecule has 1 aromatic rings. The van der Waals surface area contributed by atoms with Crippen LogP contribution >= 0.6 is 0 Å². The van der Waals surface area contributed by atoms with Crippen LogP contribution in [0.15, 0.2) is 42.2 Å². The molecular formula is C14H16FO. The molecule has 0 amide bonds. The maximum absolute atomic E-state index is 12.7. The lowest BCUT2D eigenvalue weighted by molar-refractivity contribution is 0.292. The quantitative estimate of drug-likeness (QED) is 0.525. The zero-order valence-corrected chi connectivity index (χ0v) is 9.88. The molecule has 85 valence electrons. The number of allylic oxidation sites excluding steroid dienone is 1. The summed E-state index contributed by atoms with van der Waals surface area (Å²) < 4.78 is 12.7. The van der Waals surface area contributed by atoms with Crippen LogP contribution in [-0.4, -0.2) is 0 Å². The molecule has 0 aliphatic rings. The molecule has 0 saturated carbocycles. The Labute approximate surface area is 95.9 Å². The lowest BCUT2D eigenvalue weighted by atomic mass is 9.86. The first-order valence-corrected chi connectivity index (χ1v) is 5.15. The van der Waals surface area contributed by atoms with Crippen LogP contribution in [0.25, 0.3) is 6.08 Å². The average molecular weight is 219 g/mol. The average Bonchev–Trinajstić information content (AvgIpc) is 2.19. The monoisotopic (exact) mass is 219 g/mol. The summed E-state index contributed by atoms with van der Waals surface area (Å²) in [7, 11) is 0. The summed E-state index contributed by atoms with van der Waals surface area (Å²) >= 11 is 0. The third-order valence-electron chi connectivity index (χ3n) is 2.37. The Morgan fingerprint density at radius 1 is 1.25 bits per heavy atom. The zero-order chi connectivity index (χ0) is 12.3. The highest BCUT2D eigenvalue weighted by Crippen LogP contribution is 2.29. The van der Waals surface area contributed by atoms with Gasteiger partial charge in [-0.2, -0.15) is 0 Å². The van der Waals surface area contributed by atoms with E-state index < -0.39 is 0 Å². The van der Waals surface area contributed by atoms with Gasteiger partial charge in [0.1, 0.15) is 5.82 Å². The molecule has 1 aromatic carbocycles. The molecule has 0 fully saturated rings. The predicted octanol–water partition coefficient (Wildman–Crippen LogP) is 4.20. The van der Waals surface area contributed by atoms with Gasteiger partial charge in [-0.15, -0.1) is 0 Å². The fraction of sp³-hybridized carbons (Fsp3) is 0.286. The summed E-state index contributed by atoms with van der Waals surface area (Å²) in [6.07, 6.45) is 1.48. The molecule has 0 bridgehead atoms. The van der Waals surface area contributed by atoms with Crippen LogP contribution in [0.4, 0.5) is 4.39 Å². The number of hydrogen-bond acceptors (Lipinski definition) is 0. The lowest BCUT2D eigenvalue weighted by Gasteiger charge is -2.19. The van der Waals surface area contributed by atoms with Gasteiger partial charge in [0.15, 0.2) is 5.76 Å². The van der Waals surface area contributed by atoms with Crippen LogP contribution < -0.4 is 0 Å². The molecule has 1 radical (unpaired) electrons. The molecule has 0 aliphatic carbocycles. The highest BCUT2D eigenvalue weighted by Gasteiger charge is 2.19. The first-order chi connectivity index (χ1) is 7.30. The summed E-state index contributed by atoms with van der Waals surface area (Å²) in [6, 6.07) is 5.81. The molecule has 0 atom stereocenters. The molecule has 2 heteroatoms. The third-order valence-corrected chi connectivity index (χ3v) is 2.37. The van der Waals surface area contributed by atoms with Gasteiger partial charge in [-0.25, -0.2) is 4.39 Å². The van der Waals surface area contributed by atoms with E-state index in [9.17, 15) is 9.50 Å². The van der Waals surface area contributed by atoms with E-state index in [2.05, 4.69) is 6.58 Å². The zero-order valence-electron chi connectivity index (χ0n) is 9.88. The molecule has 0 aromatic heterocycles. The van der Waals surface area contributed by atoms with Crippen LogP contribution in [0.5, 0.6) is 0 Å². The topological polar surface area (TPSA) is 19.9 Å². The van der Waals surface area contributed by atoms with E-state index in [1.165, 1.54) is 18.2 Å². The standard InChI is InChI=1S/C14H16FO/c1-10(14(2,3)4)13(16)9-11-5-7-12(15)8-6-11/h5-9H,1H2,2-4H3. The van der Waals surface area contributed by atoms with E-state index >= 15 is 0 Å². The van der Waals surface area contributed by atoms with Crippen molar-refractivity contribution in [2.24, 2.45) is 5.41 Å². The van der Waals surface area contributed by atoms with E-state index in [1.54, 1.807) is 12.1 Å². The maximum atomic E-state index is 12.7. The van der Waals surface area contributed by atoms with Crippen molar-refractivity contribution in [3.63, 3.8) is 0 Å². The minimum absolute atomic E-state index is 0.112. The number of rotatable bonds is 2. The summed E-state index contributed by atoms with van der Waals surface area (Å²) in [4.78, 5) is 0. The first-order valence-electron chi connectivity index (χ1n) is 5.15. The largest absolute Gasteiger partial charge is 0.290 e. The molecule has 0 heterocycles. The van der Waals surface area contributed by atoms with Crippen molar-refractivity contribution in [1.29, 1.82) is 0 Å². The Morgan fingerprint density at radius 2 is 1.75 bits per heavy atom. The molecule has 0 N–H and O–H groups in total. The van der Waals surface area contributed by atoms with Crippen molar-refractivity contribution < 1.29 is 9.50 Å². The first kappa shape index (κ1) is 12.5. The van der Waals surface area contributed by atoms with Gasteiger partial charge >= 0.3 is 0 Å². The summed E-state index contributed by atoms with van der Waals surface area (Å²) in [5, 5.41) is 11.8. The minimum atomic E-state index is -0.306. The second-order valence-corrected chi connectivity index (χ2v) is 4.79. The van der Waals surface area contributed by atoms with Crippen LogP contribution in [-0.2, 0) is 5.11 Å². The van der Waals surface area contributed by atoms with Crippen molar-refractivity contribution in [2.75, 3.05) is 0 Å². The van der Waals surface area contributed by atoms with Crippen LogP contribution in [0.1, 0.15) is 26.3 Å². The molecule has 0 saturated heterocycles. The van der Waals surface area contributed by atoms with E-state index in [0.29, 0.717) is 11.1 Å². The van der Waals surface area contributed by atoms with E-state index in [1.807, 2.05) is 20.8 Å². The Morgan fingerprint density at radius 3 is 2.19 bits per heavy atom. The normalized spacial score (nSPS) is 12.6. The predicted molar refractivity (Wildman–Crippen MR) is 63.7 cm³/mol. The highest BCUT2D eigenvalue weighted by molar-refractivity contribution is 5.55. The van der Waals surface area contributed by atoms with Crippen LogP contribution in [0, 0.1) is 11.2 Å². The van der Waals surface area contributed by atoms with Gasteiger partial charge in [-0.3, -0.25) is 5.11 Å². The van der Waals surface area contributed by atoms with Crippen molar-refractivity contribution in [3.8, 4) is 0 Å². The molecule has 0 aliphatic heterocycles. The van der Waals surface area contributed by atoms with E-state index in [-0.39, 0.29) is 17.0 Å². The van der Waals surface area contributed by atoms with Crippen molar-refractivity contribution in [1.82, 2.24) is 0 Å². The van der Waals surface area contributed by atoms with Gasteiger partial charge < -0.3 is 0 Å². The third kappa shape index (κ3) is 3.23. The van der Waals surface area contributed by atoms with Gasteiger partial charge in [0.2, 0.25) is 0 Å². The fourth-order valence-electron chi connectivity index (χ4n) is 1.17. The van der Waals surface area contributed by atoms with Crippen molar-refractivity contribution >= 4 is 6.08 Å². The molecule has 16 heavy (non-hydrogen) atoms. The molecule has 1 nitrogen and oxygen atoms in total.